The monoisotopic (exact) mass is 574 g/mol. The van der Waals surface area contributed by atoms with Gasteiger partial charge in [0.2, 0.25) is 0 Å². The lowest BCUT2D eigenvalue weighted by Crippen LogP contribution is -2.20. The first-order chi connectivity index (χ1) is 17.9. The van der Waals surface area contributed by atoms with Crippen molar-refractivity contribution in [3.63, 3.8) is 0 Å². The third-order valence-electron chi connectivity index (χ3n) is 7.22. The average Bonchev–Trinajstić information content (AvgIpc) is 3.63. The highest BCUT2D eigenvalue weighted by Crippen LogP contribution is 2.48. The van der Waals surface area contributed by atoms with Gasteiger partial charge in [-0.05, 0) is 53.7 Å². The van der Waals surface area contributed by atoms with Crippen molar-refractivity contribution in [1.82, 2.24) is 19.6 Å². The van der Waals surface area contributed by atoms with Crippen LogP contribution in [0.25, 0.3) is 10.1 Å². The summed E-state index contributed by atoms with van der Waals surface area (Å²) in [4.78, 5) is 13.7. The third kappa shape index (κ3) is 4.07. The predicted molar refractivity (Wildman–Crippen MR) is 150 cm³/mol. The van der Waals surface area contributed by atoms with Crippen molar-refractivity contribution >= 4 is 37.4 Å². The van der Waals surface area contributed by atoms with Crippen LogP contribution in [0.1, 0.15) is 69.6 Å². The molecule has 1 fully saturated rings. The van der Waals surface area contributed by atoms with E-state index in [1.807, 2.05) is 54.9 Å². The van der Waals surface area contributed by atoms with Crippen LogP contribution in [-0.4, -0.2) is 24.7 Å². The molecule has 1 unspecified atom stereocenters. The lowest BCUT2D eigenvalue weighted by Gasteiger charge is -2.21. The molecule has 3 heterocycles. The number of hydrogen-bond donors (Lipinski definition) is 1. The first kappa shape index (κ1) is 24.3. The Labute approximate surface area is 227 Å². The summed E-state index contributed by atoms with van der Waals surface area (Å²) in [7, 11) is 1.69. The zero-order chi connectivity index (χ0) is 25.8. The number of fused-ring (bicyclic) bond motifs is 1. The second kappa shape index (κ2) is 9.35. The van der Waals surface area contributed by atoms with Crippen molar-refractivity contribution in [3.8, 4) is 0 Å². The van der Waals surface area contributed by atoms with E-state index in [2.05, 4.69) is 45.3 Å². The van der Waals surface area contributed by atoms with Crippen LogP contribution in [0.3, 0.4) is 0 Å². The van der Waals surface area contributed by atoms with E-state index in [0.29, 0.717) is 20.7 Å². The van der Waals surface area contributed by atoms with Crippen molar-refractivity contribution in [2.45, 2.75) is 44.8 Å². The van der Waals surface area contributed by atoms with Gasteiger partial charge in [0.25, 0.3) is 5.56 Å². The molecule has 1 aliphatic carbocycles. The molecule has 0 amide bonds. The van der Waals surface area contributed by atoms with E-state index in [1.165, 1.54) is 16.0 Å². The van der Waals surface area contributed by atoms with Crippen LogP contribution in [0.2, 0.25) is 0 Å². The summed E-state index contributed by atoms with van der Waals surface area (Å²) in [6.45, 7) is 3.95. The van der Waals surface area contributed by atoms with Gasteiger partial charge in [-0.25, -0.2) is 4.68 Å². The molecule has 0 saturated heterocycles. The highest BCUT2D eigenvalue weighted by Gasteiger charge is 2.33. The van der Waals surface area contributed by atoms with Crippen molar-refractivity contribution in [2.75, 3.05) is 0 Å². The fraction of sp³-hybridized carbons (Fsp3) is 0.276. The highest BCUT2D eigenvalue weighted by molar-refractivity contribution is 9.10. The lowest BCUT2D eigenvalue weighted by atomic mass is 9.98. The molecule has 8 heteroatoms. The van der Waals surface area contributed by atoms with Crippen LogP contribution in [0.5, 0.6) is 0 Å². The van der Waals surface area contributed by atoms with Crippen LogP contribution >= 0.6 is 27.3 Å². The quantitative estimate of drug-likeness (QED) is 0.263. The largest absolute Gasteiger partial charge is 0.383 e. The molecule has 6 nitrogen and oxygen atoms in total. The van der Waals surface area contributed by atoms with Gasteiger partial charge >= 0.3 is 0 Å². The zero-order valence-electron chi connectivity index (χ0n) is 20.9. The van der Waals surface area contributed by atoms with Crippen LogP contribution in [0.4, 0.5) is 0 Å². The Hall–Kier alpha value is -3.07. The molecular formula is C29H27BrN4O2S. The van der Waals surface area contributed by atoms with Gasteiger partial charge in [0.1, 0.15) is 12.1 Å². The van der Waals surface area contributed by atoms with Crippen molar-refractivity contribution in [2.24, 2.45) is 7.05 Å². The molecule has 2 aromatic carbocycles. The second-order valence-electron chi connectivity index (χ2n) is 9.73. The van der Waals surface area contributed by atoms with Crippen LogP contribution in [0.15, 0.2) is 69.9 Å². The maximum Gasteiger partial charge on any atom is 0.276 e. The zero-order valence-corrected chi connectivity index (χ0v) is 23.3. The lowest BCUT2D eigenvalue weighted by molar-refractivity contribution is 0.222. The minimum Gasteiger partial charge on any atom is -0.383 e. The van der Waals surface area contributed by atoms with E-state index in [9.17, 15) is 9.90 Å². The van der Waals surface area contributed by atoms with Gasteiger partial charge in [-0.2, -0.15) is 10.2 Å². The Morgan fingerprint density at radius 2 is 1.59 bits per heavy atom. The molecule has 1 aliphatic rings. The number of nitrogens with zero attached hydrogens (tertiary/aromatic N) is 4. The molecule has 1 saturated carbocycles. The summed E-state index contributed by atoms with van der Waals surface area (Å²) in [5, 5.41) is 21.9. The van der Waals surface area contributed by atoms with E-state index in [-0.39, 0.29) is 11.6 Å². The molecule has 37 heavy (non-hydrogen) atoms. The molecule has 0 bridgehead atoms. The molecule has 188 valence electrons. The van der Waals surface area contributed by atoms with E-state index < -0.39 is 6.10 Å². The molecule has 0 spiro atoms. The molecule has 0 aliphatic heterocycles. The van der Waals surface area contributed by atoms with Crippen molar-refractivity contribution in [3.05, 3.63) is 114 Å². The van der Waals surface area contributed by atoms with Crippen molar-refractivity contribution in [1.29, 1.82) is 0 Å². The standard InChI is InChI=1S/C29H27BrN4O2S/c1-16-21(17(2)34(31-16)25(19-10-6-4-7-11-19)20-12-8-5-9-13-20)26(35)28-23(30)22-27(37-28)24(18-14-15-18)32-33(3)29(22)36/h4-13,18,25-26,35H,14-15H2,1-3H3. The topological polar surface area (TPSA) is 72.9 Å². The number of thiophene rings is 1. The summed E-state index contributed by atoms with van der Waals surface area (Å²) in [5.74, 6) is 0.383. The highest BCUT2D eigenvalue weighted by atomic mass is 79.9. The van der Waals surface area contributed by atoms with Gasteiger partial charge < -0.3 is 5.11 Å². The number of halogens is 1. The fourth-order valence-electron chi connectivity index (χ4n) is 5.21. The smallest absolute Gasteiger partial charge is 0.276 e. The van der Waals surface area contributed by atoms with Gasteiger partial charge in [0.15, 0.2) is 0 Å². The summed E-state index contributed by atoms with van der Waals surface area (Å²) in [6.07, 6.45) is 1.24. The Bertz CT molecular complexity index is 1630. The van der Waals surface area contributed by atoms with E-state index in [0.717, 1.165) is 51.3 Å². The number of aliphatic hydroxyl groups is 1. The number of hydrogen-bond acceptors (Lipinski definition) is 5. The third-order valence-corrected chi connectivity index (χ3v) is 9.57. The first-order valence-corrected chi connectivity index (χ1v) is 14.0. The average molecular weight is 576 g/mol. The maximum atomic E-state index is 13.0. The minimum atomic E-state index is -0.926. The summed E-state index contributed by atoms with van der Waals surface area (Å²) in [6, 6.07) is 20.4. The number of aliphatic hydroxyl groups excluding tert-OH is 1. The van der Waals surface area contributed by atoms with E-state index in [1.54, 1.807) is 7.05 Å². The minimum absolute atomic E-state index is 0.133. The van der Waals surface area contributed by atoms with Crippen molar-refractivity contribution < 1.29 is 5.11 Å². The number of rotatable bonds is 6. The SMILES string of the molecule is Cc1nn(C(c2ccccc2)c2ccccc2)c(C)c1C(O)c1sc2c(C3CC3)nn(C)c(=O)c2c1Br. The second-order valence-corrected chi connectivity index (χ2v) is 11.6. The molecule has 1 atom stereocenters. The van der Waals surface area contributed by atoms with Gasteiger partial charge in [-0.15, -0.1) is 11.3 Å². The van der Waals surface area contributed by atoms with Crippen LogP contribution < -0.4 is 5.56 Å². The normalized spacial score (nSPS) is 14.5. The molecule has 3 aromatic heterocycles. The van der Waals surface area contributed by atoms with Crippen LogP contribution in [0, 0.1) is 13.8 Å². The van der Waals surface area contributed by atoms with Crippen LogP contribution in [-0.2, 0) is 7.05 Å². The molecule has 6 rings (SSSR count). The van der Waals surface area contributed by atoms with Gasteiger partial charge in [-0.3, -0.25) is 9.48 Å². The van der Waals surface area contributed by atoms with Gasteiger partial charge in [0, 0.05) is 28.7 Å². The van der Waals surface area contributed by atoms with Gasteiger partial charge in [0.05, 0.1) is 26.4 Å². The number of benzene rings is 2. The Balaban J connectivity index is 1.50. The molecule has 1 N–H and O–H groups in total. The molecule has 5 aromatic rings. The van der Waals surface area contributed by atoms with E-state index >= 15 is 0 Å². The van der Waals surface area contributed by atoms with E-state index in [4.69, 9.17) is 5.10 Å². The summed E-state index contributed by atoms with van der Waals surface area (Å²) in [5.41, 5.74) is 5.46. The Morgan fingerprint density at radius 1 is 1.00 bits per heavy atom. The predicted octanol–water partition coefficient (Wildman–Crippen LogP) is 6.17. The Morgan fingerprint density at radius 3 is 2.16 bits per heavy atom. The summed E-state index contributed by atoms with van der Waals surface area (Å²) >= 11 is 5.14. The number of aromatic nitrogens is 4. The van der Waals surface area contributed by atoms with Gasteiger partial charge in [-0.1, -0.05) is 60.7 Å². The number of aryl methyl sites for hydroxylation is 2. The molecule has 0 radical (unpaired) electrons. The fourth-order valence-corrected chi connectivity index (χ4v) is 7.42. The maximum absolute atomic E-state index is 13.0. The summed E-state index contributed by atoms with van der Waals surface area (Å²) < 4.78 is 4.96. The first-order valence-electron chi connectivity index (χ1n) is 12.4. The molecular weight excluding hydrogens is 548 g/mol. The Kier molecular flexibility index (Phi) is 6.13.